The lowest BCUT2D eigenvalue weighted by Gasteiger charge is -2.35. The summed E-state index contributed by atoms with van der Waals surface area (Å²) in [6.07, 6.45) is 1.63. The summed E-state index contributed by atoms with van der Waals surface area (Å²) in [5.74, 6) is 0.481. The number of fused-ring (bicyclic) bond motifs is 3. The highest BCUT2D eigenvalue weighted by Crippen LogP contribution is 2.35. The van der Waals surface area contributed by atoms with Gasteiger partial charge in [-0.1, -0.05) is 25.1 Å². The highest BCUT2D eigenvalue weighted by molar-refractivity contribution is 6.07. The van der Waals surface area contributed by atoms with E-state index in [9.17, 15) is 4.79 Å². The standard InChI is InChI=1S/C23H25N7O/c1-2-29-11-13-30(14-12-29)17-9-7-16(8-10-17)25-22-24-15-20-21(28-22)18-5-3-4-6-19(18)26-23(31)27-20/h3-10,15H,2,11-14H2,1H3,(H,24,25,28)(H2,26,27,31). The quantitative estimate of drug-likeness (QED) is 0.598. The van der Waals surface area contributed by atoms with Crippen molar-refractivity contribution in [2.45, 2.75) is 6.92 Å². The summed E-state index contributed by atoms with van der Waals surface area (Å²) in [5.41, 5.74) is 4.97. The van der Waals surface area contributed by atoms with Crippen molar-refractivity contribution in [3.05, 3.63) is 54.7 Å². The Morgan fingerprint density at radius 1 is 0.968 bits per heavy atom. The van der Waals surface area contributed by atoms with Gasteiger partial charge in [-0.25, -0.2) is 14.8 Å². The van der Waals surface area contributed by atoms with E-state index in [0.29, 0.717) is 17.3 Å². The van der Waals surface area contributed by atoms with Gasteiger partial charge in [-0.2, -0.15) is 0 Å². The minimum absolute atomic E-state index is 0.300. The molecule has 0 saturated carbocycles. The van der Waals surface area contributed by atoms with Gasteiger partial charge in [0.1, 0.15) is 5.69 Å². The fourth-order valence-corrected chi connectivity index (χ4v) is 4.02. The second kappa shape index (κ2) is 8.23. The molecule has 0 spiro atoms. The molecular formula is C23H25N7O. The first-order valence-electron chi connectivity index (χ1n) is 10.6. The molecule has 3 heterocycles. The maximum Gasteiger partial charge on any atom is 0.323 e. The van der Waals surface area contributed by atoms with Gasteiger partial charge in [0.15, 0.2) is 0 Å². The van der Waals surface area contributed by atoms with E-state index in [1.54, 1.807) is 6.20 Å². The van der Waals surface area contributed by atoms with Crippen LogP contribution in [-0.2, 0) is 0 Å². The molecule has 5 rings (SSSR count). The van der Waals surface area contributed by atoms with Crippen LogP contribution >= 0.6 is 0 Å². The van der Waals surface area contributed by atoms with Gasteiger partial charge in [-0.3, -0.25) is 0 Å². The average Bonchev–Trinajstić information content (AvgIpc) is 2.95. The number of hydrogen-bond donors (Lipinski definition) is 3. The highest BCUT2D eigenvalue weighted by Gasteiger charge is 2.20. The summed E-state index contributed by atoms with van der Waals surface area (Å²) in [7, 11) is 0. The Bertz CT molecular complexity index is 1090. The summed E-state index contributed by atoms with van der Waals surface area (Å²) >= 11 is 0. The molecule has 0 aliphatic carbocycles. The van der Waals surface area contributed by atoms with Crippen LogP contribution in [0.4, 0.5) is 33.5 Å². The first kappa shape index (κ1) is 19.3. The Labute approximate surface area is 181 Å². The number of carbonyl (C=O) groups excluding carboxylic acids is 1. The van der Waals surface area contributed by atoms with Gasteiger partial charge in [0.05, 0.1) is 17.6 Å². The van der Waals surface area contributed by atoms with Gasteiger partial charge in [-0.15, -0.1) is 0 Å². The molecule has 2 aliphatic rings. The Morgan fingerprint density at radius 2 is 1.71 bits per heavy atom. The van der Waals surface area contributed by atoms with Crippen LogP contribution in [0, 0.1) is 0 Å². The largest absolute Gasteiger partial charge is 0.369 e. The normalized spacial score (nSPS) is 15.9. The molecule has 2 aromatic carbocycles. The zero-order valence-electron chi connectivity index (χ0n) is 17.4. The van der Waals surface area contributed by atoms with E-state index >= 15 is 0 Å². The molecule has 31 heavy (non-hydrogen) atoms. The van der Waals surface area contributed by atoms with Gasteiger partial charge in [0, 0.05) is 43.1 Å². The molecule has 2 amide bonds. The van der Waals surface area contributed by atoms with Gasteiger partial charge in [-0.05, 0) is 36.9 Å². The third-order valence-electron chi connectivity index (χ3n) is 5.78. The fourth-order valence-electron chi connectivity index (χ4n) is 4.02. The minimum atomic E-state index is -0.300. The predicted molar refractivity (Wildman–Crippen MR) is 124 cm³/mol. The van der Waals surface area contributed by atoms with Gasteiger partial charge in [0.25, 0.3) is 0 Å². The summed E-state index contributed by atoms with van der Waals surface area (Å²) in [6.45, 7) is 7.63. The van der Waals surface area contributed by atoms with Crippen LogP contribution in [0.1, 0.15) is 6.92 Å². The van der Waals surface area contributed by atoms with Crippen molar-refractivity contribution < 1.29 is 4.79 Å². The van der Waals surface area contributed by atoms with E-state index in [-0.39, 0.29) is 6.03 Å². The number of anilines is 5. The molecule has 158 valence electrons. The minimum Gasteiger partial charge on any atom is -0.369 e. The summed E-state index contributed by atoms with van der Waals surface area (Å²) < 4.78 is 0. The van der Waals surface area contributed by atoms with Crippen molar-refractivity contribution in [2.75, 3.05) is 53.6 Å². The topological polar surface area (TPSA) is 85.4 Å². The SMILES string of the molecule is CCN1CCN(c2ccc(Nc3ncc4c(n3)-c3ccccc3NC(=O)N4)cc2)CC1. The molecule has 8 heteroatoms. The second-order valence-electron chi connectivity index (χ2n) is 7.67. The molecule has 1 saturated heterocycles. The molecule has 3 N–H and O–H groups in total. The zero-order valence-corrected chi connectivity index (χ0v) is 17.4. The lowest BCUT2D eigenvalue weighted by atomic mass is 10.1. The number of piperazine rings is 1. The number of nitrogens with one attached hydrogen (secondary N) is 3. The Hall–Kier alpha value is -3.65. The number of benzene rings is 2. The number of likely N-dealkylation sites (N-methyl/N-ethyl adjacent to an activating group) is 1. The fraction of sp³-hybridized carbons (Fsp3) is 0.261. The molecule has 0 bridgehead atoms. The van der Waals surface area contributed by atoms with Crippen molar-refractivity contribution >= 4 is 34.7 Å². The predicted octanol–water partition coefficient (Wildman–Crippen LogP) is 3.99. The van der Waals surface area contributed by atoms with E-state index in [1.807, 2.05) is 36.4 Å². The Balaban J connectivity index is 1.35. The van der Waals surface area contributed by atoms with Crippen LogP contribution < -0.4 is 20.9 Å². The van der Waals surface area contributed by atoms with E-state index in [0.717, 1.165) is 49.7 Å². The molecule has 2 aliphatic heterocycles. The molecule has 1 aromatic heterocycles. The average molecular weight is 416 g/mol. The molecule has 0 radical (unpaired) electrons. The maximum atomic E-state index is 12.1. The molecule has 1 fully saturated rings. The van der Waals surface area contributed by atoms with Gasteiger partial charge >= 0.3 is 6.03 Å². The second-order valence-corrected chi connectivity index (χ2v) is 7.67. The number of hydrogen-bond acceptors (Lipinski definition) is 6. The molecular weight excluding hydrogens is 390 g/mol. The molecule has 0 unspecified atom stereocenters. The lowest BCUT2D eigenvalue weighted by molar-refractivity contribution is 0.262. The van der Waals surface area contributed by atoms with Crippen LogP contribution in [0.25, 0.3) is 11.3 Å². The number of rotatable bonds is 4. The number of nitrogens with zero attached hydrogens (tertiary/aromatic N) is 4. The van der Waals surface area contributed by atoms with E-state index in [2.05, 4.69) is 54.8 Å². The zero-order chi connectivity index (χ0) is 21.2. The number of carbonyl (C=O) groups is 1. The van der Waals surface area contributed by atoms with E-state index in [1.165, 1.54) is 5.69 Å². The summed E-state index contributed by atoms with van der Waals surface area (Å²) in [5, 5.41) is 8.92. The van der Waals surface area contributed by atoms with Crippen LogP contribution in [0.5, 0.6) is 0 Å². The van der Waals surface area contributed by atoms with Crippen LogP contribution in [0.15, 0.2) is 54.7 Å². The van der Waals surface area contributed by atoms with Crippen molar-refractivity contribution in [2.24, 2.45) is 0 Å². The van der Waals surface area contributed by atoms with Crippen molar-refractivity contribution in [1.29, 1.82) is 0 Å². The molecule has 0 atom stereocenters. The molecule has 8 nitrogen and oxygen atoms in total. The third kappa shape index (κ3) is 4.02. The number of urea groups is 1. The maximum absolute atomic E-state index is 12.1. The number of amides is 2. The summed E-state index contributed by atoms with van der Waals surface area (Å²) in [6, 6.07) is 15.7. The van der Waals surface area contributed by atoms with Crippen molar-refractivity contribution in [3.63, 3.8) is 0 Å². The van der Waals surface area contributed by atoms with Gasteiger partial charge < -0.3 is 25.8 Å². The van der Waals surface area contributed by atoms with E-state index < -0.39 is 0 Å². The number of aromatic nitrogens is 2. The van der Waals surface area contributed by atoms with Crippen LogP contribution in [-0.4, -0.2) is 53.6 Å². The van der Waals surface area contributed by atoms with Gasteiger partial charge in [0.2, 0.25) is 5.95 Å². The monoisotopic (exact) mass is 415 g/mol. The van der Waals surface area contributed by atoms with Crippen molar-refractivity contribution in [3.8, 4) is 11.3 Å². The van der Waals surface area contributed by atoms with E-state index in [4.69, 9.17) is 0 Å². The third-order valence-corrected chi connectivity index (χ3v) is 5.78. The number of para-hydroxylation sites is 1. The Morgan fingerprint density at radius 3 is 2.48 bits per heavy atom. The Kier molecular flexibility index (Phi) is 5.13. The highest BCUT2D eigenvalue weighted by atomic mass is 16.2. The molecule has 3 aromatic rings. The van der Waals surface area contributed by atoms with Crippen LogP contribution in [0.3, 0.4) is 0 Å². The summed E-state index contributed by atoms with van der Waals surface area (Å²) in [4.78, 5) is 26.0. The lowest BCUT2D eigenvalue weighted by Crippen LogP contribution is -2.46. The first-order chi connectivity index (χ1) is 15.2. The van der Waals surface area contributed by atoms with Crippen molar-refractivity contribution in [1.82, 2.24) is 14.9 Å². The smallest absolute Gasteiger partial charge is 0.323 e. The van der Waals surface area contributed by atoms with Crippen LogP contribution in [0.2, 0.25) is 0 Å². The first-order valence-corrected chi connectivity index (χ1v) is 10.6.